The van der Waals surface area contributed by atoms with Crippen molar-refractivity contribution in [1.82, 2.24) is 5.32 Å². The first-order chi connectivity index (χ1) is 8.28. The summed E-state index contributed by atoms with van der Waals surface area (Å²) in [5.74, 6) is 1.92. The third kappa shape index (κ3) is 2.03. The van der Waals surface area contributed by atoms with Crippen LogP contribution in [0.1, 0.15) is 24.2 Å². The van der Waals surface area contributed by atoms with Gasteiger partial charge in [0.05, 0.1) is 13.7 Å². The van der Waals surface area contributed by atoms with Gasteiger partial charge in [0.1, 0.15) is 17.1 Å². The van der Waals surface area contributed by atoms with Crippen LogP contribution in [0.25, 0.3) is 11.0 Å². The topological polar surface area (TPSA) is 34.4 Å². The first kappa shape index (κ1) is 10.7. The Labute approximate surface area is 101 Å². The number of rotatable bonds is 4. The quantitative estimate of drug-likeness (QED) is 0.878. The number of methoxy groups -OCH3 is 1. The van der Waals surface area contributed by atoms with Crippen molar-refractivity contribution in [2.75, 3.05) is 7.11 Å². The minimum Gasteiger partial charge on any atom is -0.497 e. The maximum atomic E-state index is 5.86. The monoisotopic (exact) mass is 231 g/mol. The molecule has 3 nitrogen and oxygen atoms in total. The molecule has 1 saturated carbocycles. The van der Waals surface area contributed by atoms with E-state index >= 15 is 0 Å². The molecule has 3 rings (SSSR count). The fourth-order valence-electron chi connectivity index (χ4n) is 2.07. The van der Waals surface area contributed by atoms with E-state index in [-0.39, 0.29) is 0 Å². The number of hydrogen-bond donors (Lipinski definition) is 1. The van der Waals surface area contributed by atoms with E-state index in [0.29, 0.717) is 6.04 Å². The van der Waals surface area contributed by atoms with Crippen molar-refractivity contribution in [1.29, 1.82) is 0 Å². The van der Waals surface area contributed by atoms with E-state index in [2.05, 4.69) is 12.2 Å². The number of aryl methyl sites for hydroxylation is 1. The molecule has 0 atom stereocenters. The summed E-state index contributed by atoms with van der Waals surface area (Å²) in [6.07, 6.45) is 2.60. The summed E-state index contributed by atoms with van der Waals surface area (Å²) in [5.41, 5.74) is 2.16. The Kier molecular flexibility index (Phi) is 2.56. The summed E-state index contributed by atoms with van der Waals surface area (Å²) < 4.78 is 11.1. The standard InChI is InChI=1S/C14H17NO2/c1-9-12-7-11(16-2)5-6-13(12)17-14(9)8-15-10-3-4-10/h5-7,10,15H,3-4,8H2,1-2H3. The summed E-state index contributed by atoms with van der Waals surface area (Å²) in [5, 5.41) is 4.63. The van der Waals surface area contributed by atoms with Gasteiger partial charge in [-0.25, -0.2) is 0 Å². The van der Waals surface area contributed by atoms with Crippen LogP contribution in [-0.4, -0.2) is 13.2 Å². The number of ether oxygens (including phenoxy) is 1. The molecule has 0 amide bonds. The van der Waals surface area contributed by atoms with Crippen LogP contribution in [-0.2, 0) is 6.54 Å². The molecule has 1 heterocycles. The van der Waals surface area contributed by atoms with Crippen LogP contribution in [0.3, 0.4) is 0 Å². The Morgan fingerprint density at radius 2 is 2.24 bits per heavy atom. The Bertz CT molecular complexity index is 540. The number of benzene rings is 1. The lowest BCUT2D eigenvalue weighted by atomic mass is 10.1. The van der Waals surface area contributed by atoms with Gasteiger partial charge in [-0.05, 0) is 43.5 Å². The zero-order chi connectivity index (χ0) is 11.8. The zero-order valence-electron chi connectivity index (χ0n) is 10.2. The third-order valence-corrected chi connectivity index (χ3v) is 3.37. The van der Waals surface area contributed by atoms with E-state index < -0.39 is 0 Å². The Hall–Kier alpha value is -1.48. The predicted octanol–water partition coefficient (Wildman–Crippen LogP) is 3.00. The summed E-state index contributed by atoms with van der Waals surface area (Å²) in [6.45, 7) is 2.93. The Morgan fingerprint density at radius 3 is 2.94 bits per heavy atom. The SMILES string of the molecule is COc1ccc2oc(CNC3CC3)c(C)c2c1. The first-order valence-electron chi connectivity index (χ1n) is 6.07. The Morgan fingerprint density at radius 1 is 1.41 bits per heavy atom. The van der Waals surface area contributed by atoms with Crippen LogP contribution in [0.15, 0.2) is 22.6 Å². The van der Waals surface area contributed by atoms with Crippen molar-refractivity contribution in [2.45, 2.75) is 32.4 Å². The van der Waals surface area contributed by atoms with E-state index in [1.807, 2.05) is 18.2 Å². The third-order valence-electron chi connectivity index (χ3n) is 3.37. The van der Waals surface area contributed by atoms with Crippen molar-refractivity contribution >= 4 is 11.0 Å². The molecule has 1 aromatic heterocycles. The van der Waals surface area contributed by atoms with Gasteiger partial charge in [0.25, 0.3) is 0 Å². The molecule has 90 valence electrons. The van der Waals surface area contributed by atoms with Gasteiger partial charge >= 0.3 is 0 Å². The molecule has 3 heteroatoms. The average Bonchev–Trinajstić information content (AvgIpc) is 3.13. The largest absolute Gasteiger partial charge is 0.497 e. The molecule has 0 bridgehead atoms. The highest BCUT2D eigenvalue weighted by Gasteiger charge is 2.21. The van der Waals surface area contributed by atoms with E-state index in [1.54, 1.807) is 7.11 Å². The van der Waals surface area contributed by atoms with Gasteiger partial charge in [-0.2, -0.15) is 0 Å². The van der Waals surface area contributed by atoms with Crippen LogP contribution < -0.4 is 10.1 Å². The lowest BCUT2D eigenvalue weighted by Crippen LogP contribution is -2.15. The zero-order valence-corrected chi connectivity index (χ0v) is 10.2. The van der Waals surface area contributed by atoms with E-state index in [1.165, 1.54) is 18.4 Å². The second kappa shape index (κ2) is 4.08. The molecule has 0 unspecified atom stereocenters. The maximum absolute atomic E-state index is 5.86. The minimum absolute atomic E-state index is 0.706. The van der Waals surface area contributed by atoms with E-state index in [0.717, 1.165) is 29.0 Å². The normalized spacial score (nSPS) is 15.4. The van der Waals surface area contributed by atoms with Gasteiger partial charge in [0.15, 0.2) is 0 Å². The highest BCUT2D eigenvalue weighted by Crippen LogP contribution is 2.29. The predicted molar refractivity (Wildman–Crippen MR) is 67.4 cm³/mol. The van der Waals surface area contributed by atoms with Crippen molar-refractivity contribution in [3.05, 3.63) is 29.5 Å². The number of hydrogen-bond acceptors (Lipinski definition) is 3. The van der Waals surface area contributed by atoms with Crippen molar-refractivity contribution in [2.24, 2.45) is 0 Å². The molecule has 0 radical (unpaired) electrons. The highest BCUT2D eigenvalue weighted by atomic mass is 16.5. The molecular formula is C14H17NO2. The molecule has 0 aliphatic heterocycles. The van der Waals surface area contributed by atoms with Gasteiger partial charge in [-0.1, -0.05) is 0 Å². The molecule has 2 aromatic rings. The number of fused-ring (bicyclic) bond motifs is 1. The lowest BCUT2D eigenvalue weighted by molar-refractivity contribution is 0.415. The van der Waals surface area contributed by atoms with Crippen molar-refractivity contribution in [3.63, 3.8) is 0 Å². The van der Waals surface area contributed by atoms with Crippen molar-refractivity contribution < 1.29 is 9.15 Å². The van der Waals surface area contributed by atoms with Crippen LogP contribution in [0, 0.1) is 6.92 Å². The van der Waals surface area contributed by atoms with E-state index in [9.17, 15) is 0 Å². The smallest absolute Gasteiger partial charge is 0.134 e. The average molecular weight is 231 g/mol. The van der Waals surface area contributed by atoms with Crippen molar-refractivity contribution in [3.8, 4) is 5.75 Å². The molecule has 17 heavy (non-hydrogen) atoms. The Balaban J connectivity index is 1.92. The number of nitrogens with one attached hydrogen (secondary N) is 1. The van der Waals surface area contributed by atoms with Crippen LogP contribution in [0.5, 0.6) is 5.75 Å². The number of furan rings is 1. The molecule has 1 aliphatic rings. The lowest BCUT2D eigenvalue weighted by Gasteiger charge is -1.99. The van der Waals surface area contributed by atoms with Crippen LogP contribution in [0.4, 0.5) is 0 Å². The summed E-state index contributed by atoms with van der Waals surface area (Å²) in [6, 6.07) is 6.65. The molecule has 1 fully saturated rings. The molecule has 0 spiro atoms. The van der Waals surface area contributed by atoms with Gasteiger partial charge in [-0.3, -0.25) is 0 Å². The van der Waals surface area contributed by atoms with Gasteiger partial charge in [0.2, 0.25) is 0 Å². The molecule has 1 N–H and O–H groups in total. The molecule has 1 aromatic carbocycles. The minimum atomic E-state index is 0.706. The summed E-state index contributed by atoms with van der Waals surface area (Å²) in [4.78, 5) is 0. The summed E-state index contributed by atoms with van der Waals surface area (Å²) in [7, 11) is 1.69. The van der Waals surface area contributed by atoms with E-state index in [4.69, 9.17) is 9.15 Å². The van der Waals surface area contributed by atoms with Gasteiger partial charge in [0, 0.05) is 11.4 Å². The molecule has 0 saturated heterocycles. The van der Waals surface area contributed by atoms with Gasteiger partial charge in [-0.15, -0.1) is 0 Å². The highest BCUT2D eigenvalue weighted by molar-refractivity contribution is 5.83. The fourth-order valence-corrected chi connectivity index (χ4v) is 2.07. The second-order valence-corrected chi connectivity index (χ2v) is 4.67. The fraction of sp³-hybridized carbons (Fsp3) is 0.429. The second-order valence-electron chi connectivity index (χ2n) is 4.67. The van der Waals surface area contributed by atoms with Gasteiger partial charge < -0.3 is 14.5 Å². The molecular weight excluding hydrogens is 214 g/mol. The first-order valence-corrected chi connectivity index (χ1v) is 6.07. The maximum Gasteiger partial charge on any atom is 0.134 e. The molecule has 1 aliphatic carbocycles. The van der Waals surface area contributed by atoms with Crippen LogP contribution in [0.2, 0.25) is 0 Å². The summed E-state index contributed by atoms with van der Waals surface area (Å²) >= 11 is 0. The van der Waals surface area contributed by atoms with Crippen LogP contribution >= 0.6 is 0 Å².